The minimum atomic E-state index is -0.923. The summed E-state index contributed by atoms with van der Waals surface area (Å²) in [5.41, 5.74) is 4.76. The Labute approximate surface area is 249 Å². The molecule has 1 saturated heterocycles. The second kappa shape index (κ2) is 11.7. The molecule has 1 aliphatic rings. The Balaban J connectivity index is 1.54. The maximum atomic E-state index is 13.5. The molecule has 1 unspecified atom stereocenters. The Morgan fingerprint density at radius 2 is 1.67 bits per heavy atom. The third kappa shape index (κ3) is 5.50. The van der Waals surface area contributed by atoms with Crippen molar-refractivity contribution in [2.24, 2.45) is 0 Å². The molecular formula is C34H32N2O5S. The summed E-state index contributed by atoms with van der Waals surface area (Å²) in [6.07, 6.45) is 0. The van der Waals surface area contributed by atoms with E-state index in [9.17, 15) is 19.5 Å². The highest BCUT2D eigenvalue weighted by Crippen LogP contribution is 2.44. The minimum Gasteiger partial charge on any atom is -0.507 e. The molecule has 0 spiro atoms. The standard InChI is InChI=1S/C34H32N2O5S/c1-19(2)23-10-12-24(13-11-23)29-28(31(39)33(40)36(29)34-35-21(4)32(42-34)22(5)37)30(38)25-14-16-27(17-15-25)41-18-26-9-7-6-8-20(26)3/h6-17,19,29,38H,18H2,1-5H3. The number of amides is 1. The molecule has 42 heavy (non-hydrogen) atoms. The zero-order valence-corrected chi connectivity index (χ0v) is 25.0. The first-order chi connectivity index (χ1) is 20.1. The lowest BCUT2D eigenvalue weighted by Gasteiger charge is -2.23. The average Bonchev–Trinajstić information content (AvgIpc) is 3.49. The molecule has 7 nitrogen and oxygen atoms in total. The topological polar surface area (TPSA) is 96.8 Å². The fourth-order valence-electron chi connectivity index (χ4n) is 5.02. The van der Waals surface area contributed by atoms with Gasteiger partial charge in [-0.15, -0.1) is 0 Å². The number of thiazole rings is 1. The van der Waals surface area contributed by atoms with Crippen LogP contribution in [0.1, 0.15) is 75.9 Å². The van der Waals surface area contributed by atoms with Gasteiger partial charge in [0.05, 0.1) is 22.2 Å². The fraction of sp³-hybridized carbons (Fsp3) is 0.235. The molecule has 1 N–H and O–H groups in total. The van der Waals surface area contributed by atoms with Crippen molar-refractivity contribution in [3.63, 3.8) is 0 Å². The van der Waals surface area contributed by atoms with Gasteiger partial charge in [-0.3, -0.25) is 19.3 Å². The highest BCUT2D eigenvalue weighted by Gasteiger charge is 2.48. The molecule has 214 valence electrons. The van der Waals surface area contributed by atoms with Gasteiger partial charge in [0.2, 0.25) is 0 Å². The monoisotopic (exact) mass is 580 g/mol. The molecule has 5 rings (SSSR count). The van der Waals surface area contributed by atoms with Crippen LogP contribution in [-0.2, 0) is 16.2 Å². The van der Waals surface area contributed by atoms with Gasteiger partial charge in [-0.25, -0.2) is 4.98 Å². The van der Waals surface area contributed by atoms with E-state index in [1.54, 1.807) is 31.2 Å². The van der Waals surface area contributed by atoms with Gasteiger partial charge in [0.25, 0.3) is 5.78 Å². The molecule has 0 bridgehead atoms. The van der Waals surface area contributed by atoms with E-state index in [1.807, 2.05) is 55.5 Å². The summed E-state index contributed by atoms with van der Waals surface area (Å²) in [5, 5.41) is 11.7. The van der Waals surface area contributed by atoms with Crippen molar-refractivity contribution in [1.29, 1.82) is 0 Å². The quantitative estimate of drug-likeness (QED) is 0.102. The van der Waals surface area contributed by atoms with Gasteiger partial charge in [0, 0.05) is 12.5 Å². The van der Waals surface area contributed by atoms with Gasteiger partial charge in [-0.2, -0.15) is 0 Å². The lowest BCUT2D eigenvalue weighted by Crippen LogP contribution is -2.29. The predicted octanol–water partition coefficient (Wildman–Crippen LogP) is 7.29. The lowest BCUT2D eigenvalue weighted by atomic mass is 9.93. The molecule has 0 radical (unpaired) electrons. The Kier molecular flexibility index (Phi) is 8.09. The maximum absolute atomic E-state index is 13.5. The number of anilines is 1. The SMILES string of the molecule is CC(=O)c1sc(N2C(=O)C(=O)C(=C(O)c3ccc(OCc4ccccc4C)cc3)C2c2ccc(C(C)C)cc2)nc1C. The number of ether oxygens (including phenoxy) is 1. The highest BCUT2D eigenvalue weighted by molar-refractivity contribution is 7.18. The van der Waals surface area contributed by atoms with Crippen molar-refractivity contribution in [2.45, 2.75) is 53.2 Å². The molecule has 2 heterocycles. The molecule has 4 aromatic rings. The number of aryl methyl sites for hydroxylation is 2. The van der Waals surface area contributed by atoms with Gasteiger partial charge in [0.1, 0.15) is 18.1 Å². The van der Waals surface area contributed by atoms with Gasteiger partial charge in [-0.05, 0) is 66.3 Å². The van der Waals surface area contributed by atoms with Crippen LogP contribution in [-0.4, -0.2) is 27.6 Å². The molecule has 3 aromatic carbocycles. The summed E-state index contributed by atoms with van der Waals surface area (Å²) in [7, 11) is 0. The van der Waals surface area contributed by atoms with Gasteiger partial charge in [0.15, 0.2) is 10.9 Å². The second-order valence-corrected chi connectivity index (χ2v) is 11.7. The lowest BCUT2D eigenvalue weighted by molar-refractivity contribution is -0.132. The molecule has 1 aromatic heterocycles. The maximum Gasteiger partial charge on any atom is 0.301 e. The van der Waals surface area contributed by atoms with Crippen molar-refractivity contribution in [1.82, 2.24) is 4.98 Å². The van der Waals surface area contributed by atoms with Crippen molar-refractivity contribution in [3.8, 4) is 5.75 Å². The first-order valence-electron chi connectivity index (χ1n) is 13.7. The first kappa shape index (κ1) is 29.0. The number of hydrogen-bond acceptors (Lipinski definition) is 7. The van der Waals surface area contributed by atoms with Crippen LogP contribution in [0, 0.1) is 13.8 Å². The largest absolute Gasteiger partial charge is 0.507 e. The zero-order valence-electron chi connectivity index (χ0n) is 24.2. The Morgan fingerprint density at radius 1 is 1.00 bits per heavy atom. The number of carbonyl (C=O) groups is 3. The number of aliphatic hydroxyl groups is 1. The van der Waals surface area contributed by atoms with E-state index in [4.69, 9.17) is 4.74 Å². The van der Waals surface area contributed by atoms with Gasteiger partial charge < -0.3 is 9.84 Å². The zero-order chi connectivity index (χ0) is 30.1. The van der Waals surface area contributed by atoms with Crippen LogP contribution in [0.25, 0.3) is 5.76 Å². The summed E-state index contributed by atoms with van der Waals surface area (Å²) >= 11 is 1.06. The Morgan fingerprint density at radius 3 is 2.26 bits per heavy atom. The molecule has 0 aliphatic carbocycles. The van der Waals surface area contributed by atoms with E-state index in [0.717, 1.165) is 28.0 Å². The number of Topliss-reactive ketones (excluding diaryl/α,β-unsaturated/α-hetero) is 2. The number of carbonyl (C=O) groups excluding carboxylic acids is 3. The summed E-state index contributed by atoms with van der Waals surface area (Å²) in [4.78, 5) is 45.4. The van der Waals surface area contributed by atoms with Gasteiger partial charge >= 0.3 is 5.91 Å². The second-order valence-electron chi connectivity index (χ2n) is 10.7. The van der Waals surface area contributed by atoms with E-state index < -0.39 is 17.7 Å². The molecule has 1 aliphatic heterocycles. The van der Waals surface area contributed by atoms with E-state index in [2.05, 4.69) is 18.8 Å². The van der Waals surface area contributed by atoms with Crippen LogP contribution < -0.4 is 9.64 Å². The van der Waals surface area contributed by atoms with Crippen molar-refractivity contribution >= 4 is 39.7 Å². The summed E-state index contributed by atoms with van der Waals surface area (Å²) < 4.78 is 5.94. The highest BCUT2D eigenvalue weighted by atomic mass is 32.1. The molecule has 0 saturated carbocycles. The van der Waals surface area contributed by atoms with Crippen LogP contribution in [0.2, 0.25) is 0 Å². The summed E-state index contributed by atoms with van der Waals surface area (Å²) in [6, 6.07) is 21.4. The van der Waals surface area contributed by atoms with Crippen LogP contribution in [0.4, 0.5) is 5.13 Å². The van der Waals surface area contributed by atoms with Crippen molar-refractivity contribution in [2.75, 3.05) is 4.90 Å². The minimum absolute atomic E-state index is 0.0388. The van der Waals surface area contributed by atoms with Crippen molar-refractivity contribution < 1.29 is 24.2 Å². The Bertz CT molecular complexity index is 1700. The number of aliphatic hydroxyl groups excluding tert-OH is 1. The third-order valence-corrected chi connectivity index (χ3v) is 8.72. The van der Waals surface area contributed by atoms with Gasteiger partial charge in [-0.1, -0.05) is 73.7 Å². The third-order valence-electron chi connectivity index (χ3n) is 7.46. The number of ketones is 2. The van der Waals surface area contributed by atoms with E-state index in [0.29, 0.717) is 34.1 Å². The number of aromatic nitrogens is 1. The Hall–Kier alpha value is -4.56. The van der Waals surface area contributed by atoms with Crippen LogP contribution >= 0.6 is 11.3 Å². The van der Waals surface area contributed by atoms with Crippen LogP contribution in [0.5, 0.6) is 5.75 Å². The van der Waals surface area contributed by atoms with E-state index in [-0.39, 0.29) is 28.2 Å². The number of nitrogens with zero attached hydrogens (tertiary/aromatic N) is 2. The number of benzene rings is 3. The number of rotatable bonds is 8. The number of hydrogen-bond donors (Lipinski definition) is 1. The normalized spacial score (nSPS) is 16.3. The average molecular weight is 581 g/mol. The smallest absolute Gasteiger partial charge is 0.301 e. The first-order valence-corrected chi connectivity index (χ1v) is 14.6. The van der Waals surface area contributed by atoms with E-state index >= 15 is 0 Å². The molecule has 1 fully saturated rings. The molecule has 1 amide bonds. The van der Waals surface area contributed by atoms with Crippen LogP contribution in [0.3, 0.4) is 0 Å². The molecular weight excluding hydrogens is 548 g/mol. The summed E-state index contributed by atoms with van der Waals surface area (Å²) in [5.74, 6) is -1.20. The predicted molar refractivity (Wildman–Crippen MR) is 164 cm³/mol. The fourth-order valence-corrected chi connectivity index (χ4v) is 6.01. The molecule has 8 heteroatoms. The summed E-state index contributed by atoms with van der Waals surface area (Å²) in [6.45, 7) is 9.71. The van der Waals surface area contributed by atoms with Crippen molar-refractivity contribution in [3.05, 3.63) is 117 Å². The molecule has 1 atom stereocenters. The van der Waals surface area contributed by atoms with E-state index in [1.165, 1.54) is 11.8 Å². The van der Waals surface area contributed by atoms with Crippen LogP contribution in [0.15, 0.2) is 78.4 Å².